The van der Waals surface area contributed by atoms with E-state index in [0.717, 1.165) is 19.3 Å². The Morgan fingerprint density at radius 1 is 1.50 bits per heavy atom. The van der Waals surface area contributed by atoms with Gasteiger partial charge in [-0.2, -0.15) is 0 Å². The average Bonchev–Trinajstić information content (AvgIpc) is 2.03. The van der Waals surface area contributed by atoms with Gasteiger partial charge in [-0.1, -0.05) is 13.3 Å². The van der Waals surface area contributed by atoms with Crippen LogP contribution in [-0.4, -0.2) is 11.6 Å². The first-order valence-electron chi connectivity index (χ1n) is 4.68. The predicted octanol–water partition coefficient (Wildman–Crippen LogP) is 1.97. The normalized spacial score (nSPS) is 30.3. The van der Waals surface area contributed by atoms with Crippen molar-refractivity contribution in [2.45, 2.75) is 39.5 Å². The Balaban J connectivity index is 2.54. The van der Waals surface area contributed by atoms with Gasteiger partial charge in [-0.15, -0.1) is 0 Å². The van der Waals surface area contributed by atoms with Crippen LogP contribution in [0.25, 0.3) is 0 Å². The molecule has 0 aromatic carbocycles. The van der Waals surface area contributed by atoms with Gasteiger partial charge >= 0.3 is 0 Å². The minimum absolute atomic E-state index is 0.0505. The number of rotatable bonds is 2. The Labute approximate surface area is 73.3 Å². The summed E-state index contributed by atoms with van der Waals surface area (Å²) >= 11 is 0. The second kappa shape index (κ2) is 3.83. The molecule has 0 radical (unpaired) electrons. The van der Waals surface area contributed by atoms with Gasteiger partial charge < -0.3 is 0 Å². The van der Waals surface area contributed by atoms with Gasteiger partial charge in [0.1, 0.15) is 11.6 Å². The van der Waals surface area contributed by atoms with Gasteiger partial charge in [-0.25, -0.2) is 0 Å². The van der Waals surface area contributed by atoms with Gasteiger partial charge in [0.2, 0.25) is 0 Å². The summed E-state index contributed by atoms with van der Waals surface area (Å²) < 4.78 is 0. The molecule has 68 valence electrons. The van der Waals surface area contributed by atoms with Crippen molar-refractivity contribution in [3.8, 4) is 0 Å². The first-order valence-corrected chi connectivity index (χ1v) is 4.68. The lowest BCUT2D eigenvalue weighted by atomic mass is 9.78. The van der Waals surface area contributed by atoms with E-state index in [0.29, 0.717) is 12.3 Å². The molecule has 1 aliphatic rings. The third kappa shape index (κ3) is 1.93. The van der Waals surface area contributed by atoms with E-state index in [9.17, 15) is 9.59 Å². The Kier molecular flexibility index (Phi) is 3.01. The lowest BCUT2D eigenvalue weighted by Gasteiger charge is -2.24. The summed E-state index contributed by atoms with van der Waals surface area (Å²) in [5.41, 5.74) is 0. The number of ketones is 2. The molecule has 1 saturated carbocycles. The molecular weight excluding hydrogens is 152 g/mol. The van der Waals surface area contributed by atoms with Gasteiger partial charge in [0.25, 0.3) is 0 Å². The van der Waals surface area contributed by atoms with Gasteiger partial charge in [0, 0.05) is 6.42 Å². The lowest BCUT2D eigenvalue weighted by Crippen LogP contribution is -2.29. The van der Waals surface area contributed by atoms with Crippen LogP contribution in [-0.2, 0) is 9.59 Å². The third-order valence-electron chi connectivity index (χ3n) is 2.81. The summed E-state index contributed by atoms with van der Waals surface area (Å²) in [6.45, 7) is 3.63. The molecule has 1 rings (SSSR count). The third-order valence-corrected chi connectivity index (χ3v) is 2.81. The lowest BCUT2D eigenvalue weighted by molar-refractivity contribution is -0.134. The maximum Gasteiger partial charge on any atom is 0.143 e. The zero-order valence-electron chi connectivity index (χ0n) is 7.80. The average molecular weight is 168 g/mol. The zero-order chi connectivity index (χ0) is 9.14. The van der Waals surface area contributed by atoms with Crippen LogP contribution < -0.4 is 0 Å². The van der Waals surface area contributed by atoms with E-state index in [1.165, 1.54) is 6.92 Å². The molecule has 0 N–H and O–H groups in total. The molecule has 0 amide bonds. The largest absolute Gasteiger partial charge is 0.299 e. The van der Waals surface area contributed by atoms with Crippen LogP contribution >= 0.6 is 0 Å². The van der Waals surface area contributed by atoms with Crippen molar-refractivity contribution >= 4 is 11.6 Å². The standard InChI is InChI=1S/C10H16O2/c1-3-8-4-5-9(7(2)11)10(12)6-8/h8-9H,3-6H2,1-2H3. The highest BCUT2D eigenvalue weighted by Gasteiger charge is 2.30. The van der Waals surface area contributed by atoms with Gasteiger partial charge in [-0.05, 0) is 25.7 Å². The molecule has 0 saturated heterocycles. The van der Waals surface area contributed by atoms with Crippen LogP contribution in [0.3, 0.4) is 0 Å². The Morgan fingerprint density at radius 3 is 2.58 bits per heavy atom. The Morgan fingerprint density at radius 2 is 2.17 bits per heavy atom. The van der Waals surface area contributed by atoms with Crippen molar-refractivity contribution in [1.29, 1.82) is 0 Å². The number of hydrogen-bond acceptors (Lipinski definition) is 2. The minimum Gasteiger partial charge on any atom is -0.299 e. The van der Waals surface area contributed by atoms with Crippen molar-refractivity contribution in [2.24, 2.45) is 11.8 Å². The maximum atomic E-state index is 11.4. The highest BCUT2D eigenvalue weighted by atomic mass is 16.1. The molecule has 0 aromatic rings. The molecule has 2 unspecified atom stereocenters. The van der Waals surface area contributed by atoms with E-state index in [4.69, 9.17) is 0 Å². The number of hydrogen-bond donors (Lipinski definition) is 0. The Bertz CT molecular complexity index is 196. The highest BCUT2D eigenvalue weighted by Crippen LogP contribution is 2.28. The molecule has 12 heavy (non-hydrogen) atoms. The second-order valence-corrected chi connectivity index (χ2v) is 3.69. The van der Waals surface area contributed by atoms with Crippen molar-refractivity contribution < 1.29 is 9.59 Å². The van der Waals surface area contributed by atoms with Crippen LogP contribution in [0.15, 0.2) is 0 Å². The molecule has 2 nitrogen and oxygen atoms in total. The van der Waals surface area contributed by atoms with E-state index in [-0.39, 0.29) is 17.5 Å². The van der Waals surface area contributed by atoms with Crippen LogP contribution in [0.1, 0.15) is 39.5 Å². The summed E-state index contributed by atoms with van der Waals surface area (Å²) in [6.07, 6.45) is 3.52. The van der Waals surface area contributed by atoms with Gasteiger partial charge in [0.15, 0.2) is 0 Å². The topological polar surface area (TPSA) is 34.1 Å². The molecule has 0 spiro atoms. The molecule has 1 fully saturated rings. The molecular formula is C10H16O2. The SMILES string of the molecule is CCC1CCC(C(C)=O)C(=O)C1. The summed E-state index contributed by atoms with van der Waals surface area (Å²) in [5.74, 6) is 0.482. The first kappa shape index (κ1) is 9.43. The summed E-state index contributed by atoms with van der Waals surface area (Å²) in [4.78, 5) is 22.4. The van der Waals surface area contributed by atoms with Crippen molar-refractivity contribution in [2.75, 3.05) is 0 Å². The fraction of sp³-hybridized carbons (Fsp3) is 0.800. The van der Waals surface area contributed by atoms with E-state index in [1.807, 2.05) is 0 Å². The zero-order valence-corrected chi connectivity index (χ0v) is 7.80. The van der Waals surface area contributed by atoms with Crippen LogP contribution in [0.5, 0.6) is 0 Å². The van der Waals surface area contributed by atoms with E-state index in [2.05, 4.69) is 6.92 Å². The molecule has 0 bridgehead atoms. The molecule has 0 aliphatic heterocycles. The van der Waals surface area contributed by atoms with E-state index in [1.54, 1.807) is 0 Å². The molecule has 2 heteroatoms. The number of carbonyl (C=O) groups is 2. The second-order valence-electron chi connectivity index (χ2n) is 3.69. The minimum atomic E-state index is -0.271. The maximum absolute atomic E-state index is 11.4. The Hall–Kier alpha value is -0.660. The monoisotopic (exact) mass is 168 g/mol. The quantitative estimate of drug-likeness (QED) is 0.591. The fourth-order valence-corrected chi connectivity index (χ4v) is 1.87. The van der Waals surface area contributed by atoms with Crippen LogP contribution in [0.2, 0.25) is 0 Å². The summed E-state index contributed by atoms with van der Waals surface area (Å²) in [6, 6.07) is 0. The molecule has 0 aromatic heterocycles. The molecule has 1 aliphatic carbocycles. The highest BCUT2D eigenvalue weighted by molar-refractivity contribution is 6.01. The van der Waals surface area contributed by atoms with Gasteiger partial charge in [-0.3, -0.25) is 9.59 Å². The summed E-state index contributed by atoms with van der Waals surface area (Å²) in [5, 5.41) is 0. The first-order chi connectivity index (χ1) is 5.65. The molecule has 2 atom stereocenters. The predicted molar refractivity (Wildman–Crippen MR) is 46.8 cm³/mol. The van der Waals surface area contributed by atoms with Crippen molar-refractivity contribution in [1.82, 2.24) is 0 Å². The molecule has 0 heterocycles. The van der Waals surface area contributed by atoms with Crippen molar-refractivity contribution in [3.63, 3.8) is 0 Å². The van der Waals surface area contributed by atoms with Crippen LogP contribution in [0, 0.1) is 11.8 Å². The van der Waals surface area contributed by atoms with Crippen LogP contribution in [0.4, 0.5) is 0 Å². The van der Waals surface area contributed by atoms with E-state index >= 15 is 0 Å². The van der Waals surface area contributed by atoms with E-state index < -0.39 is 0 Å². The fourth-order valence-electron chi connectivity index (χ4n) is 1.87. The number of carbonyl (C=O) groups excluding carboxylic acids is 2. The smallest absolute Gasteiger partial charge is 0.143 e. The van der Waals surface area contributed by atoms with Crippen molar-refractivity contribution in [3.05, 3.63) is 0 Å². The van der Waals surface area contributed by atoms with Gasteiger partial charge in [0.05, 0.1) is 5.92 Å². The summed E-state index contributed by atoms with van der Waals surface area (Å²) in [7, 11) is 0. The number of Topliss-reactive ketones (excluding diaryl/α,β-unsaturated/α-hetero) is 2.